The minimum Gasteiger partial charge on any atom is -0.321 e. The number of carbonyl (C=O) groups is 2. The Morgan fingerprint density at radius 2 is 1.62 bits per heavy atom. The summed E-state index contributed by atoms with van der Waals surface area (Å²) in [6.45, 7) is 4.78. The van der Waals surface area contributed by atoms with Crippen molar-refractivity contribution in [2.45, 2.75) is 32.6 Å². The molecule has 6 rings (SSSR count). The van der Waals surface area contributed by atoms with Crippen LogP contribution in [-0.2, 0) is 17.7 Å². The van der Waals surface area contributed by atoms with E-state index in [4.69, 9.17) is 9.82 Å². The summed E-state index contributed by atoms with van der Waals surface area (Å²) in [7, 11) is 2.01. The van der Waals surface area contributed by atoms with E-state index in [9.17, 15) is 9.59 Å². The molecular formula is C28H30N6O3. The van der Waals surface area contributed by atoms with Gasteiger partial charge in [0.1, 0.15) is 0 Å². The monoisotopic (exact) mass is 498 g/mol. The smallest absolute Gasteiger partial charge is 0.321 e. The number of hydrogen-bond acceptors (Lipinski definition) is 6. The lowest BCUT2D eigenvalue weighted by atomic mass is 9.85. The molecule has 2 N–H and O–H groups in total. The van der Waals surface area contributed by atoms with Crippen molar-refractivity contribution in [2.75, 3.05) is 33.2 Å². The Bertz CT molecular complexity index is 1500. The molecule has 4 aromatic rings. The lowest BCUT2D eigenvalue weighted by Crippen LogP contribution is -2.48. The zero-order valence-electron chi connectivity index (χ0n) is 21.1. The largest absolute Gasteiger partial charge is 0.434 e. The quantitative estimate of drug-likeness (QED) is 0.405. The maximum absolute atomic E-state index is 12.6. The number of likely N-dealkylation sites (N-methyl/N-ethyl adjacent to an activating group) is 1. The lowest BCUT2D eigenvalue weighted by molar-refractivity contribution is 0.0349. The number of piperazine rings is 1. The number of hydrogen-bond donors (Lipinski definition) is 2. The van der Waals surface area contributed by atoms with Crippen LogP contribution in [0, 0.1) is 6.92 Å². The van der Waals surface area contributed by atoms with E-state index in [1.807, 2.05) is 31.3 Å². The van der Waals surface area contributed by atoms with E-state index in [-0.39, 0.29) is 0 Å². The number of rotatable bonds is 2. The predicted molar refractivity (Wildman–Crippen MR) is 141 cm³/mol. The van der Waals surface area contributed by atoms with Crippen molar-refractivity contribution in [3.63, 3.8) is 0 Å². The molecule has 1 aliphatic heterocycles. The molecule has 2 aromatic heterocycles. The van der Waals surface area contributed by atoms with Crippen LogP contribution in [0.15, 0.2) is 36.4 Å². The van der Waals surface area contributed by atoms with Crippen molar-refractivity contribution in [3.05, 3.63) is 58.8 Å². The van der Waals surface area contributed by atoms with Gasteiger partial charge in [0.25, 0.3) is 5.91 Å². The second kappa shape index (κ2) is 9.48. The number of aryl methyl sites for hydroxylation is 2. The molecule has 0 unspecified atom stereocenters. The van der Waals surface area contributed by atoms with Crippen LogP contribution in [0.2, 0.25) is 0 Å². The van der Waals surface area contributed by atoms with Gasteiger partial charge in [0.15, 0.2) is 0 Å². The fraction of sp³-hybridized carbons (Fsp3) is 0.357. The van der Waals surface area contributed by atoms with Crippen molar-refractivity contribution in [2.24, 2.45) is 0 Å². The van der Waals surface area contributed by atoms with Crippen LogP contribution in [0.3, 0.4) is 0 Å². The van der Waals surface area contributed by atoms with Gasteiger partial charge in [-0.05, 0) is 75.0 Å². The summed E-state index contributed by atoms with van der Waals surface area (Å²) in [5.41, 5.74) is 10.3. The summed E-state index contributed by atoms with van der Waals surface area (Å²) in [5, 5.41) is 9.95. The van der Waals surface area contributed by atoms with Crippen LogP contribution in [-0.4, -0.2) is 70.2 Å². The van der Waals surface area contributed by atoms with Gasteiger partial charge in [-0.2, -0.15) is 10.6 Å². The average molecular weight is 499 g/mol. The maximum Gasteiger partial charge on any atom is 0.434 e. The Morgan fingerprint density at radius 1 is 0.919 bits per heavy atom. The van der Waals surface area contributed by atoms with E-state index in [2.05, 4.69) is 27.5 Å². The number of aromatic nitrogens is 3. The minimum absolute atomic E-state index is 0.417. The molecule has 9 heteroatoms. The fourth-order valence-electron chi connectivity index (χ4n) is 5.50. The van der Waals surface area contributed by atoms with Gasteiger partial charge in [-0.15, -0.1) is 0 Å². The molecule has 0 atom stereocenters. The fourth-order valence-corrected chi connectivity index (χ4v) is 5.50. The molecule has 190 valence electrons. The van der Waals surface area contributed by atoms with E-state index in [1.54, 1.807) is 17.0 Å². The Hall–Kier alpha value is -3.98. The second-order valence-electron chi connectivity index (χ2n) is 9.99. The molecule has 2 aliphatic rings. The number of nitrogens with zero attached hydrogens (tertiary/aromatic N) is 4. The van der Waals surface area contributed by atoms with Crippen LogP contribution in [0.25, 0.3) is 33.1 Å². The second-order valence-corrected chi connectivity index (χ2v) is 9.99. The van der Waals surface area contributed by atoms with Crippen LogP contribution in [0.5, 0.6) is 0 Å². The minimum atomic E-state index is -0.535. The zero-order chi connectivity index (χ0) is 25.5. The molecule has 9 nitrogen and oxygen atoms in total. The Labute approximate surface area is 214 Å². The molecule has 2 aromatic carbocycles. The molecular weight excluding hydrogens is 468 g/mol. The van der Waals surface area contributed by atoms with Crippen molar-refractivity contribution in [3.8, 4) is 11.3 Å². The van der Waals surface area contributed by atoms with Gasteiger partial charge in [0, 0.05) is 53.8 Å². The molecule has 2 amide bonds. The first-order chi connectivity index (χ1) is 18.0. The van der Waals surface area contributed by atoms with Gasteiger partial charge >= 0.3 is 6.09 Å². The third-order valence-electron chi connectivity index (χ3n) is 7.58. The molecule has 37 heavy (non-hydrogen) atoms. The summed E-state index contributed by atoms with van der Waals surface area (Å²) in [4.78, 5) is 38.8. The van der Waals surface area contributed by atoms with E-state index in [1.165, 1.54) is 16.5 Å². The number of hydroxylamine groups is 1. The first kappa shape index (κ1) is 23.4. The molecule has 1 saturated heterocycles. The third-order valence-corrected chi connectivity index (χ3v) is 7.58. The van der Waals surface area contributed by atoms with Gasteiger partial charge in [-0.3, -0.25) is 9.89 Å². The van der Waals surface area contributed by atoms with E-state index < -0.39 is 12.0 Å². The van der Waals surface area contributed by atoms with E-state index in [0.29, 0.717) is 18.7 Å². The van der Waals surface area contributed by atoms with Crippen molar-refractivity contribution in [1.82, 2.24) is 30.5 Å². The van der Waals surface area contributed by atoms with Crippen LogP contribution in [0.4, 0.5) is 4.79 Å². The normalized spacial score (nSPS) is 16.1. The lowest BCUT2D eigenvalue weighted by Gasteiger charge is -2.31. The number of benzene rings is 2. The van der Waals surface area contributed by atoms with Gasteiger partial charge < -0.3 is 14.6 Å². The first-order valence-electron chi connectivity index (χ1n) is 12.8. The number of fused-ring (bicyclic) bond motifs is 5. The summed E-state index contributed by atoms with van der Waals surface area (Å²) < 4.78 is 0. The average Bonchev–Trinajstić information content (AvgIpc) is 3.32. The number of pyridine rings is 1. The van der Waals surface area contributed by atoms with Crippen LogP contribution < -0.4 is 5.48 Å². The topological polar surface area (TPSA) is 103 Å². The summed E-state index contributed by atoms with van der Waals surface area (Å²) in [5.74, 6) is -0.458. The third kappa shape index (κ3) is 4.29. The van der Waals surface area contributed by atoms with Gasteiger partial charge in [0.05, 0.1) is 16.7 Å². The highest BCUT2D eigenvalue weighted by atomic mass is 16.7. The number of carbonyl (C=O) groups excluding carboxylic acids is 2. The molecule has 0 spiro atoms. The van der Waals surface area contributed by atoms with Crippen LogP contribution >= 0.6 is 0 Å². The zero-order valence-corrected chi connectivity index (χ0v) is 21.1. The molecule has 1 fully saturated rings. The van der Waals surface area contributed by atoms with E-state index in [0.717, 1.165) is 72.1 Å². The number of nitrogens with one attached hydrogen (secondary N) is 2. The summed E-state index contributed by atoms with van der Waals surface area (Å²) in [6, 6.07) is 11.4. The molecule has 1 aliphatic carbocycles. The number of amides is 2. The first-order valence-corrected chi connectivity index (χ1v) is 12.8. The van der Waals surface area contributed by atoms with Crippen molar-refractivity contribution in [1.29, 1.82) is 0 Å². The predicted octanol–water partition coefficient (Wildman–Crippen LogP) is 3.99. The number of aromatic amines is 1. The highest BCUT2D eigenvalue weighted by Gasteiger charge is 2.23. The summed E-state index contributed by atoms with van der Waals surface area (Å²) >= 11 is 0. The SMILES string of the molecule is Cc1[nH]nc2ccc3nc(-c4ccc(C(=O)NOC(=O)N5CCN(C)CC5)cc4)c4c(c3c12)CCCC4. The highest BCUT2D eigenvalue weighted by molar-refractivity contribution is 6.09. The van der Waals surface area contributed by atoms with Crippen molar-refractivity contribution >= 4 is 33.8 Å². The molecule has 0 bridgehead atoms. The van der Waals surface area contributed by atoms with Crippen molar-refractivity contribution < 1.29 is 14.4 Å². The Kier molecular flexibility index (Phi) is 6.00. The standard InChI is InChI=1S/C28H30N6O3/c1-17-24-23(31-30-17)12-11-22-25(24)20-5-3-4-6-21(20)26(29-22)18-7-9-19(10-8-18)27(35)32-37-28(36)34-15-13-33(2)14-16-34/h7-12H,3-6,13-16H2,1-2H3,(H,30,31)(H,32,35). The van der Waals surface area contributed by atoms with Gasteiger partial charge in [-0.1, -0.05) is 12.1 Å². The Balaban J connectivity index is 1.25. The molecule has 0 saturated carbocycles. The van der Waals surface area contributed by atoms with Gasteiger partial charge in [0.2, 0.25) is 0 Å². The van der Waals surface area contributed by atoms with E-state index >= 15 is 0 Å². The number of H-pyrrole nitrogens is 1. The summed E-state index contributed by atoms with van der Waals surface area (Å²) in [6.07, 6.45) is 3.75. The molecule has 0 radical (unpaired) electrons. The maximum atomic E-state index is 12.6. The van der Waals surface area contributed by atoms with Crippen LogP contribution in [0.1, 0.15) is 40.0 Å². The Morgan fingerprint density at radius 3 is 2.38 bits per heavy atom. The highest BCUT2D eigenvalue weighted by Crippen LogP contribution is 2.38. The molecule has 3 heterocycles. The van der Waals surface area contributed by atoms with Gasteiger partial charge in [-0.25, -0.2) is 9.78 Å².